The molecule has 1 heteroatoms. The molecule has 0 aliphatic heterocycles. The number of fused-ring (bicyclic) bond motifs is 9. The molecule has 2 aliphatic rings. The van der Waals surface area contributed by atoms with Gasteiger partial charge in [-0.2, -0.15) is 0 Å². The highest BCUT2D eigenvalue weighted by Crippen LogP contribution is 2.66. The van der Waals surface area contributed by atoms with Crippen LogP contribution in [-0.4, -0.2) is 0 Å². The van der Waals surface area contributed by atoms with Gasteiger partial charge in [0.15, 0.2) is 0 Å². The molecule has 0 saturated heterocycles. The van der Waals surface area contributed by atoms with Crippen molar-refractivity contribution < 1.29 is 0 Å². The fourth-order valence-corrected chi connectivity index (χ4v) is 10.1. The van der Waals surface area contributed by atoms with E-state index in [0.717, 1.165) is 5.69 Å². The molecule has 0 atom stereocenters. The Bertz CT molecular complexity index is 2740. The maximum atomic E-state index is 2.59. The van der Waals surface area contributed by atoms with Gasteiger partial charge in [-0.1, -0.05) is 176 Å². The van der Waals surface area contributed by atoms with Crippen molar-refractivity contribution in [3.63, 3.8) is 0 Å². The molecule has 0 amide bonds. The van der Waals surface area contributed by atoms with Crippen LogP contribution in [0.2, 0.25) is 0 Å². The van der Waals surface area contributed by atoms with Crippen molar-refractivity contribution in [3.05, 3.63) is 186 Å². The molecule has 8 aromatic carbocycles. The van der Waals surface area contributed by atoms with E-state index in [4.69, 9.17) is 0 Å². The lowest BCUT2D eigenvalue weighted by molar-refractivity contribution is 0.590. The predicted molar refractivity (Wildman–Crippen MR) is 235 cm³/mol. The Labute approximate surface area is 325 Å². The molecule has 0 fully saturated rings. The molecule has 2 aliphatic carbocycles. The van der Waals surface area contributed by atoms with E-state index in [1.54, 1.807) is 0 Å². The van der Waals surface area contributed by atoms with Crippen LogP contribution in [0.1, 0.15) is 76.3 Å². The van der Waals surface area contributed by atoms with Crippen LogP contribution in [-0.2, 0) is 16.2 Å². The van der Waals surface area contributed by atoms with E-state index >= 15 is 0 Å². The summed E-state index contributed by atoms with van der Waals surface area (Å²) in [6.45, 7) is 16.7. The minimum absolute atomic E-state index is 0.0517. The smallest absolute Gasteiger partial charge is 0.0556 e. The lowest BCUT2D eigenvalue weighted by Crippen LogP contribution is -2.26. The molecule has 55 heavy (non-hydrogen) atoms. The lowest BCUT2D eigenvalue weighted by atomic mass is 9.73. The van der Waals surface area contributed by atoms with Gasteiger partial charge in [0.25, 0.3) is 0 Å². The van der Waals surface area contributed by atoms with Crippen LogP contribution in [0, 0.1) is 0 Å². The van der Waals surface area contributed by atoms with Gasteiger partial charge in [-0.25, -0.2) is 0 Å². The molecular formula is C54H47N. The van der Waals surface area contributed by atoms with E-state index in [9.17, 15) is 0 Å². The van der Waals surface area contributed by atoms with Crippen LogP contribution in [0.4, 0.5) is 17.1 Å². The van der Waals surface area contributed by atoms with Gasteiger partial charge in [0, 0.05) is 22.2 Å². The molecule has 8 aromatic rings. The SMILES string of the molecule is CC(C)(C)c1ccc(N(c2ccccc2)c2c3c(c(-c4cc5ccccc5c5ccccc45)c4c2C(C)(C)c2ccccc2-4)-c2ccccc2C3(C)C)cc1. The van der Waals surface area contributed by atoms with E-state index in [0.29, 0.717) is 0 Å². The summed E-state index contributed by atoms with van der Waals surface area (Å²) < 4.78 is 0. The Balaban J connectivity index is 1.45. The molecule has 10 rings (SSSR count). The monoisotopic (exact) mass is 709 g/mol. The summed E-state index contributed by atoms with van der Waals surface area (Å²) in [5, 5.41) is 5.15. The van der Waals surface area contributed by atoms with Gasteiger partial charge in [0.05, 0.1) is 5.69 Å². The predicted octanol–water partition coefficient (Wildman–Crippen LogP) is 15.0. The molecule has 0 aromatic heterocycles. The third-order valence-electron chi connectivity index (χ3n) is 12.7. The van der Waals surface area contributed by atoms with Crippen LogP contribution < -0.4 is 4.90 Å². The Morgan fingerprint density at radius 3 is 1.47 bits per heavy atom. The Kier molecular flexibility index (Phi) is 7.21. The van der Waals surface area contributed by atoms with Gasteiger partial charge in [-0.3, -0.25) is 0 Å². The van der Waals surface area contributed by atoms with Gasteiger partial charge in [-0.15, -0.1) is 0 Å². The molecule has 0 spiro atoms. The summed E-state index contributed by atoms with van der Waals surface area (Å²) in [4.78, 5) is 2.59. The molecule has 0 radical (unpaired) electrons. The number of benzene rings is 8. The highest BCUT2D eigenvalue weighted by atomic mass is 15.2. The van der Waals surface area contributed by atoms with Crippen LogP contribution in [0.15, 0.2) is 158 Å². The number of hydrogen-bond donors (Lipinski definition) is 0. The van der Waals surface area contributed by atoms with Crippen molar-refractivity contribution in [2.24, 2.45) is 0 Å². The lowest BCUT2D eigenvalue weighted by Gasteiger charge is -2.38. The zero-order chi connectivity index (χ0) is 37.9. The Morgan fingerprint density at radius 1 is 0.418 bits per heavy atom. The first kappa shape index (κ1) is 33.6. The summed E-state index contributed by atoms with van der Waals surface area (Å²) in [6, 6.07) is 59.3. The second kappa shape index (κ2) is 11.8. The summed E-state index contributed by atoms with van der Waals surface area (Å²) in [7, 11) is 0. The van der Waals surface area contributed by atoms with Crippen LogP contribution in [0.3, 0.4) is 0 Å². The normalized spacial score (nSPS) is 14.7. The molecular weight excluding hydrogens is 663 g/mol. The summed E-state index contributed by atoms with van der Waals surface area (Å²) in [6.07, 6.45) is 0. The van der Waals surface area contributed by atoms with Crippen molar-refractivity contribution in [2.75, 3.05) is 4.90 Å². The Morgan fingerprint density at radius 2 is 0.891 bits per heavy atom. The van der Waals surface area contributed by atoms with Crippen molar-refractivity contribution in [3.8, 4) is 33.4 Å². The van der Waals surface area contributed by atoms with Crippen molar-refractivity contribution >= 4 is 38.6 Å². The average molecular weight is 710 g/mol. The molecule has 0 heterocycles. The Hall–Kier alpha value is -5.92. The van der Waals surface area contributed by atoms with Gasteiger partial charge in [0.1, 0.15) is 0 Å². The first-order valence-corrected chi connectivity index (χ1v) is 19.8. The number of rotatable bonds is 4. The standard InChI is InChI=1S/C54H47N/c1-52(2,3)35-29-31-37(32-30-35)55(36-20-9-8-10-21-36)51-49-47(41-25-15-17-27-44(41)53(49,4)5)46(48-42-26-16-18-28-45(42)54(6,7)50(48)51)43-33-34-19-11-12-22-38(34)39-23-13-14-24-40(39)43/h8-33H,1-7H3. The second-order valence-corrected chi connectivity index (χ2v) is 17.7. The van der Waals surface area contributed by atoms with Crippen LogP contribution in [0.25, 0.3) is 54.9 Å². The summed E-state index contributed by atoms with van der Waals surface area (Å²) in [5.41, 5.74) is 18.0. The topological polar surface area (TPSA) is 3.24 Å². The van der Waals surface area contributed by atoms with Crippen LogP contribution in [0.5, 0.6) is 0 Å². The highest BCUT2D eigenvalue weighted by Gasteiger charge is 2.49. The number of nitrogens with zero attached hydrogens (tertiary/aromatic N) is 1. The van der Waals surface area contributed by atoms with E-state index in [-0.39, 0.29) is 16.2 Å². The van der Waals surface area contributed by atoms with Gasteiger partial charge >= 0.3 is 0 Å². The van der Waals surface area contributed by atoms with Gasteiger partial charge < -0.3 is 4.90 Å². The molecule has 268 valence electrons. The number of para-hydroxylation sites is 1. The third-order valence-corrected chi connectivity index (χ3v) is 12.7. The average Bonchev–Trinajstić information content (AvgIpc) is 3.58. The minimum atomic E-state index is -0.291. The molecule has 0 N–H and O–H groups in total. The van der Waals surface area contributed by atoms with E-state index < -0.39 is 0 Å². The summed E-state index contributed by atoms with van der Waals surface area (Å²) >= 11 is 0. The quantitative estimate of drug-likeness (QED) is 0.164. The van der Waals surface area contributed by atoms with Gasteiger partial charge in [-0.05, 0) is 118 Å². The first-order valence-electron chi connectivity index (χ1n) is 19.8. The van der Waals surface area contributed by atoms with E-state index in [1.807, 2.05) is 0 Å². The fourth-order valence-electron chi connectivity index (χ4n) is 10.1. The number of anilines is 3. The van der Waals surface area contributed by atoms with Crippen molar-refractivity contribution in [2.45, 2.75) is 64.7 Å². The van der Waals surface area contributed by atoms with E-state index in [2.05, 4.69) is 211 Å². The van der Waals surface area contributed by atoms with Crippen LogP contribution >= 0.6 is 0 Å². The number of hydrogen-bond acceptors (Lipinski definition) is 1. The zero-order valence-electron chi connectivity index (χ0n) is 33.0. The van der Waals surface area contributed by atoms with Crippen molar-refractivity contribution in [1.82, 2.24) is 0 Å². The molecule has 0 unspecified atom stereocenters. The highest BCUT2D eigenvalue weighted by molar-refractivity contribution is 6.19. The zero-order valence-corrected chi connectivity index (χ0v) is 33.0. The minimum Gasteiger partial charge on any atom is -0.310 e. The maximum Gasteiger partial charge on any atom is 0.0556 e. The molecule has 0 saturated carbocycles. The summed E-state index contributed by atoms with van der Waals surface area (Å²) in [5.74, 6) is 0. The second-order valence-electron chi connectivity index (χ2n) is 17.7. The van der Waals surface area contributed by atoms with Crippen molar-refractivity contribution in [1.29, 1.82) is 0 Å². The first-order chi connectivity index (χ1) is 26.5. The van der Waals surface area contributed by atoms with E-state index in [1.165, 1.54) is 94.1 Å². The van der Waals surface area contributed by atoms with Gasteiger partial charge in [0.2, 0.25) is 0 Å². The fraction of sp³-hybridized carbons (Fsp3) is 0.185. The third kappa shape index (κ3) is 4.78. The molecule has 1 nitrogen and oxygen atoms in total. The largest absolute Gasteiger partial charge is 0.310 e. The molecule has 0 bridgehead atoms. The maximum absolute atomic E-state index is 2.59.